The van der Waals surface area contributed by atoms with Gasteiger partial charge in [-0.2, -0.15) is 0 Å². The fourth-order valence-electron chi connectivity index (χ4n) is 2.71. The van der Waals surface area contributed by atoms with Crippen LogP contribution < -0.4 is 10.1 Å². The van der Waals surface area contributed by atoms with Crippen molar-refractivity contribution in [3.8, 4) is 5.75 Å². The quantitative estimate of drug-likeness (QED) is 0.863. The number of ether oxygens (including phenoxy) is 2. The summed E-state index contributed by atoms with van der Waals surface area (Å²) in [6, 6.07) is 5.84. The number of benzene rings is 1. The Morgan fingerprint density at radius 2 is 2.32 bits per heavy atom. The molecule has 0 aliphatic carbocycles. The zero-order valence-electron chi connectivity index (χ0n) is 13.7. The lowest BCUT2D eigenvalue weighted by atomic mass is 10.1. The third-order valence-corrected chi connectivity index (χ3v) is 3.95. The standard InChI is InChI=1S/C17H26N2O3/c1-13-10-14(4-5-16(13)21-3)11-17(20)18-7-6-15-12-19(2)8-9-22-15/h4-5,10,15H,6-9,11-12H2,1-3H3,(H,18,20)/t15-/m1/s1. The highest BCUT2D eigenvalue weighted by Crippen LogP contribution is 2.18. The average Bonchev–Trinajstić information content (AvgIpc) is 2.47. The zero-order chi connectivity index (χ0) is 15.9. The summed E-state index contributed by atoms with van der Waals surface area (Å²) >= 11 is 0. The van der Waals surface area contributed by atoms with Crippen LogP contribution in [0.2, 0.25) is 0 Å². The lowest BCUT2D eigenvalue weighted by molar-refractivity contribution is -0.120. The molecule has 1 N–H and O–H groups in total. The highest BCUT2D eigenvalue weighted by atomic mass is 16.5. The van der Waals surface area contributed by atoms with Gasteiger partial charge >= 0.3 is 0 Å². The molecule has 1 aliphatic rings. The van der Waals surface area contributed by atoms with E-state index in [-0.39, 0.29) is 12.0 Å². The third kappa shape index (κ3) is 5.00. The molecule has 0 saturated carbocycles. The Hall–Kier alpha value is -1.59. The van der Waals surface area contributed by atoms with E-state index < -0.39 is 0 Å². The minimum absolute atomic E-state index is 0.0498. The predicted molar refractivity (Wildman–Crippen MR) is 86.3 cm³/mol. The molecule has 2 rings (SSSR count). The van der Waals surface area contributed by atoms with Crippen molar-refractivity contribution in [2.24, 2.45) is 0 Å². The van der Waals surface area contributed by atoms with Crippen LogP contribution in [0.1, 0.15) is 17.5 Å². The Labute approximate surface area is 132 Å². The summed E-state index contributed by atoms with van der Waals surface area (Å²) in [6.45, 7) is 5.34. The number of amides is 1. The zero-order valence-corrected chi connectivity index (χ0v) is 13.7. The number of hydrogen-bond donors (Lipinski definition) is 1. The highest BCUT2D eigenvalue weighted by Gasteiger charge is 2.17. The van der Waals surface area contributed by atoms with Crippen LogP contribution in [-0.2, 0) is 16.0 Å². The first-order chi connectivity index (χ1) is 10.6. The van der Waals surface area contributed by atoms with Gasteiger partial charge in [0.2, 0.25) is 5.91 Å². The van der Waals surface area contributed by atoms with E-state index in [1.165, 1.54) is 0 Å². The molecule has 1 aromatic rings. The summed E-state index contributed by atoms with van der Waals surface area (Å²) in [5.74, 6) is 0.899. The minimum Gasteiger partial charge on any atom is -0.496 e. The Balaban J connectivity index is 1.72. The average molecular weight is 306 g/mol. The van der Waals surface area contributed by atoms with E-state index in [0.29, 0.717) is 13.0 Å². The molecule has 1 saturated heterocycles. The second-order valence-electron chi connectivity index (χ2n) is 5.87. The molecular weight excluding hydrogens is 280 g/mol. The highest BCUT2D eigenvalue weighted by molar-refractivity contribution is 5.78. The van der Waals surface area contributed by atoms with E-state index >= 15 is 0 Å². The summed E-state index contributed by atoms with van der Waals surface area (Å²) in [5.41, 5.74) is 2.05. The lowest BCUT2D eigenvalue weighted by Gasteiger charge is -2.30. The SMILES string of the molecule is COc1ccc(CC(=O)NCC[C@@H]2CN(C)CCO2)cc1C. The third-order valence-electron chi connectivity index (χ3n) is 3.95. The van der Waals surface area contributed by atoms with E-state index in [0.717, 1.165) is 43.0 Å². The topological polar surface area (TPSA) is 50.8 Å². The molecule has 1 heterocycles. The first kappa shape index (κ1) is 16.8. The van der Waals surface area contributed by atoms with Crippen LogP contribution in [0.4, 0.5) is 0 Å². The van der Waals surface area contributed by atoms with Crippen molar-refractivity contribution in [2.45, 2.75) is 25.9 Å². The van der Waals surface area contributed by atoms with Crippen molar-refractivity contribution < 1.29 is 14.3 Å². The van der Waals surface area contributed by atoms with Crippen LogP contribution in [0.3, 0.4) is 0 Å². The molecule has 1 fully saturated rings. The van der Waals surface area contributed by atoms with Gasteiger partial charge in [0.1, 0.15) is 5.75 Å². The van der Waals surface area contributed by atoms with Gasteiger partial charge in [0.15, 0.2) is 0 Å². The van der Waals surface area contributed by atoms with Crippen LogP contribution >= 0.6 is 0 Å². The molecule has 1 aliphatic heterocycles. The summed E-state index contributed by atoms with van der Waals surface area (Å²) in [4.78, 5) is 14.3. The molecule has 0 spiro atoms. The first-order valence-corrected chi connectivity index (χ1v) is 7.79. The van der Waals surface area contributed by atoms with Crippen molar-refractivity contribution in [1.29, 1.82) is 0 Å². The van der Waals surface area contributed by atoms with E-state index in [1.807, 2.05) is 25.1 Å². The molecule has 0 bridgehead atoms. The van der Waals surface area contributed by atoms with E-state index in [2.05, 4.69) is 17.3 Å². The van der Waals surface area contributed by atoms with Crippen LogP contribution in [0.15, 0.2) is 18.2 Å². The molecule has 0 unspecified atom stereocenters. The fraction of sp³-hybridized carbons (Fsp3) is 0.588. The number of likely N-dealkylation sites (N-methyl/N-ethyl adjacent to an activating group) is 1. The van der Waals surface area contributed by atoms with Gasteiger partial charge in [-0.3, -0.25) is 4.79 Å². The number of methoxy groups -OCH3 is 1. The number of nitrogens with zero attached hydrogens (tertiary/aromatic N) is 1. The van der Waals surface area contributed by atoms with Crippen molar-refractivity contribution in [3.05, 3.63) is 29.3 Å². The van der Waals surface area contributed by atoms with Gasteiger partial charge in [0.25, 0.3) is 0 Å². The number of morpholine rings is 1. The van der Waals surface area contributed by atoms with Gasteiger partial charge in [-0.15, -0.1) is 0 Å². The molecule has 0 radical (unpaired) electrons. The maximum Gasteiger partial charge on any atom is 0.224 e. The van der Waals surface area contributed by atoms with E-state index in [1.54, 1.807) is 7.11 Å². The summed E-state index contributed by atoms with van der Waals surface area (Å²) in [6.07, 6.45) is 1.48. The molecule has 0 aromatic heterocycles. The van der Waals surface area contributed by atoms with Crippen molar-refractivity contribution >= 4 is 5.91 Å². The number of aryl methyl sites for hydroxylation is 1. The first-order valence-electron chi connectivity index (χ1n) is 7.79. The lowest BCUT2D eigenvalue weighted by Crippen LogP contribution is -2.41. The fourth-order valence-corrected chi connectivity index (χ4v) is 2.71. The smallest absolute Gasteiger partial charge is 0.224 e. The van der Waals surface area contributed by atoms with Crippen LogP contribution in [0, 0.1) is 6.92 Å². The molecule has 5 nitrogen and oxygen atoms in total. The Morgan fingerprint density at radius 1 is 1.50 bits per heavy atom. The van der Waals surface area contributed by atoms with Crippen molar-refractivity contribution in [3.63, 3.8) is 0 Å². The normalized spacial score (nSPS) is 19.0. The van der Waals surface area contributed by atoms with Gasteiger partial charge in [0, 0.05) is 19.6 Å². The minimum atomic E-state index is 0.0498. The summed E-state index contributed by atoms with van der Waals surface area (Å²) in [7, 11) is 3.75. The number of rotatable bonds is 6. The molecule has 22 heavy (non-hydrogen) atoms. The largest absolute Gasteiger partial charge is 0.496 e. The Bertz CT molecular complexity index is 505. The van der Waals surface area contributed by atoms with Gasteiger partial charge in [-0.25, -0.2) is 0 Å². The molecule has 1 atom stereocenters. The molecule has 122 valence electrons. The molecular formula is C17H26N2O3. The van der Waals surface area contributed by atoms with E-state index in [9.17, 15) is 4.79 Å². The second-order valence-corrected chi connectivity index (χ2v) is 5.87. The van der Waals surface area contributed by atoms with E-state index in [4.69, 9.17) is 9.47 Å². The van der Waals surface area contributed by atoms with Gasteiger partial charge in [-0.05, 0) is 37.6 Å². The number of nitrogens with one attached hydrogen (secondary N) is 1. The monoisotopic (exact) mass is 306 g/mol. The Kier molecular flexibility index (Phi) is 6.21. The van der Waals surface area contributed by atoms with Gasteiger partial charge in [-0.1, -0.05) is 12.1 Å². The van der Waals surface area contributed by atoms with Crippen LogP contribution in [-0.4, -0.2) is 57.3 Å². The van der Waals surface area contributed by atoms with Gasteiger partial charge in [0.05, 0.1) is 26.2 Å². The molecule has 5 heteroatoms. The maximum atomic E-state index is 12.0. The number of carbonyl (C=O) groups excluding carboxylic acids is 1. The number of hydrogen-bond acceptors (Lipinski definition) is 4. The van der Waals surface area contributed by atoms with Gasteiger partial charge < -0.3 is 19.7 Å². The van der Waals surface area contributed by atoms with Crippen molar-refractivity contribution in [2.75, 3.05) is 40.4 Å². The summed E-state index contributed by atoms with van der Waals surface area (Å²) < 4.78 is 10.9. The second kappa shape index (κ2) is 8.15. The number of carbonyl (C=O) groups is 1. The molecule has 1 aromatic carbocycles. The predicted octanol–water partition coefficient (Wildman–Crippen LogP) is 1.38. The summed E-state index contributed by atoms with van der Waals surface area (Å²) in [5, 5.41) is 2.97. The van der Waals surface area contributed by atoms with Crippen LogP contribution in [0.5, 0.6) is 5.75 Å². The molecule has 1 amide bonds. The maximum absolute atomic E-state index is 12.0. The van der Waals surface area contributed by atoms with Crippen LogP contribution in [0.25, 0.3) is 0 Å². The van der Waals surface area contributed by atoms with Crippen molar-refractivity contribution in [1.82, 2.24) is 10.2 Å². The Morgan fingerprint density at radius 3 is 3.00 bits per heavy atom.